The van der Waals surface area contributed by atoms with Crippen LogP contribution in [-0.4, -0.2) is 0 Å². The van der Waals surface area contributed by atoms with E-state index in [0.29, 0.717) is 0 Å². The van der Waals surface area contributed by atoms with Gasteiger partial charge in [0.25, 0.3) is 0 Å². The smallest absolute Gasteiger partial charge is 1.00 e. The summed E-state index contributed by atoms with van der Waals surface area (Å²) in [5, 5.41) is 0. The van der Waals surface area contributed by atoms with Crippen molar-refractivity contribution in [1.29, 1.82) is 0 Å². The van der Waals surface area contributed by atoms with E-state index in [1.165, 1.54) is 0 Å². The van der Waals surface area contributed by atoms with Gasteiger partial charge < -0.3 is 33.3 Å². The van der Waals surface area contributed by atoms with Gasteiger partial charge in [0.1, 0.15) is 0 Å². The summed E-state index contributed by atoms with van der Waals surface area (Å²) >= 11 is -0.417. The largest absolute Gasteiger partial charge is 1.00 e. The van der Waals surface area contributed by atoms with Crippen LogP contribution >= 0.6 is 0 Å². The molecule has 0 saturated carbocycles. The van der Waals surface area contributed by atoms with Crippen LogP contribution in [0.2, 0.25) is 0 Å². The van der Waals surface area contributed by atoms with Gasteiger partial charge in [0.05, 0.1) is 11.3 Å². The Morgan fingerprint density at radius 1 is 1.00 bits per heavy atom. The minimum atomic E-state index is -0.417. The summed E-state index contributed by atoms with van der Waals surface area (Å²) in [5.41, 5.74) is 0. The Morgan fingerprint density at radius 3 is 1.00 bits per heavy atom. The molecule has 6 heteroatoms. The third-order valence-corrected chi connectivity index (χ3v) is 0. The molecular formula is ClINa2O2. The third kappa shape index (κ3) is 28.3. The molecule has 0 aromatic carbocycles. The van der Waals surface area contributed by atoms with Gasteiger partial charge in [-0.25, -0.2) is 0 Å². The van der Waals surface area contributed by atoms with Gasteiger partial charge >= 0.3 is 59.1 Å². The van der Waals surface area contributed by atoms with Gasteiger partial charge in [0.2, 0.25) is 0 Å². The average molecular weight is 240 g/mol. The Balaban J connectivity index is -0.00000000667. The predicted molar refractivity (Wildman–Crippen MR) is 0 cm³/mol. The van der Waals surface area contributed by atoms with Gasteiger partial charge in [-0.1, -0.05) is 0 Å². The standard InChI is InChI=1S/ClO2.HI.2Na/c2-1-3;;;/h;1H;;/q-1;;2*+1/p-1. The fraction of sp³-hybridized carbons (Fsp3) is 0. The van der Waals surface area contributed by atoms with Gasteiger partial charge in [0, 0.05) is 0 Å². The minimum Gasteiger partial charge on any atom is -1.00 e. The van der Waals surface area contributed by atoms with Gasteiger partial charge in [-0.05, 0) is 0 Å². The molecule has 6 heavy (non-hydrogen) atoms. The van der Waals surface area contributed by atoms with E-state index in [1.807, 2.05) is 0 Å². The van der Waals surface area contributed by atoms with Crippen LogP contribution in [-0.2, 0) is 0 Å². The van der Waals surface area contributed by atoms with E-state index >= 15 is 0 Å². The first-order chi connectivity index (χ1) is 1.41. The molecule has 0 rings (SSSR count). The van der Waals surface area contributed by atoms with Crippen LogP contribution in [0.1, 0.15) is 0 Å². The zero-order valence-corrected chi connectivity index (χ0v) is 10.5. The minimum absolute atomic E-state index is 0. The number of rotatable bonds is 0. The molecule has 0 unspecified atom stereocenters. The first kappa shape index (κ1) is 23.1. The molecule has 0 spiro atoms. The maximum absolute atomic E-state index is 8.24. The second-order valence-corrected chi connectivity index (χ2v) is 0.189. The van der Waals surface area contributed by atoms with E-state index in [0.717, 1.165) is 0 Å². The van der Waals surface area contributed by atoms with Crippen LogP contribution in [0, 0.1) is 11.3 Å². The molecule has 0 amide bonds. The maximum Gasteiger partial charge on any atom is 1.00 e. The summed E-state index contributed by atoms with van der Waals surface area (Å²) in [4.78, 5) is 0. The van der Waals surface area contributed by atoms with Crippen LogP contribution in [0.4, 0.5) is 0 Å². The van der Waals surface area contributed by atoms with Crippen LogP contribution in [0.15, 0.2) is 0 Å². The molecule has 2 nitrogen and oxygen atoms in total. The molecule has 0 aromatic rings. The van der Waals surface area contributed by atoms with E-state index in [4.69, 9.17) is 9.32 Å². The van der Waals surface area contributed by atoms with Crippen molar-refractivity contribution in [3.8, 4) is 0 Å². The van der Waals surface area contributed by atoms with Gasteiger partial charge in [-0.3, -0.25) is 0 Å². The van der Waals surface area contributed by atoms with Gasteiger partial charge in [-0.15, -0.1) is 0 Å². The van der Waals surface area contributed by atoms with E-state index in [-0.39, 0.29) is 83.1 Å². The van der Waals surface area contributed by atoms with E-state index < -0.39 is 11.3 Å². The second-order valence-electron chi connectivity index (χ2n) is 0.0630. The quantitative estimate of drug-likeness (QED) is 0.312. The van der Waals surface area contributed by atoms with Crippen molar-refractivity contribution in [3.05, 3.63) is 0 Å². The van der Waals surface area contributed by atoms with E-state index in [9.17, 15) is 0 Å². The van der Waals surface area contributed by atoms with Crippen molar-refractivity contribution in [2.75, 3.05) is 0 Å². The van der Waals surface area contributed by atoms with Crippen molar-refractivity contribution in [2.24, 2.45) is 0 Å². The Labute approximate surface area is 102 Å². The molecule has 0 saturated heterocycles. The summed E-state index contributed by atoms with van der Waals surface area (Å²) < 4.78 is 16.5. The molecule has 0 aliphatic carbocycles. The van der Waals surface area contributed by atoms with Crippen molar-refractivity contribution in [3.63, 3.8) is 0 Å². The average Bonchev–Trinajstić information content (AvgIpc) is 0.918. The zero-order valence-electron chi connectivity index (χ0n) is 3.57. The molecule has 0 atom stereocenters. The number of hydrogen-bond donors (Lipinski definition) is 0. The van der Waals surface area contributed by atoms with Crippen molar-refractivity contribution in [1.82, 2.24) is 0 Å². The summed E-state index contributed by atoms with van der Waals surface area (Å²) in [6.45, 7) is 0. The van der Waals surface area contributed by atoms with Gasteiger partial charge in [0.15, 0.2) is 0 Å². The van der Waals surface area contributed by atoms with Crippen molar-refractivity contribution >= 4 is 0 Å². The fourth-order valence-corrected chi connectivity index (χ4v) is 0. The second kappa shape index (κ2) is 24.6. The number of hydrogen-bond acceptors (Lipinski definition) is 2. The molecule has 0 bridgehead atoms. The van der Waals surface area contributed by atoms with Crippen LogP contribution in [0.5, 0.6) is 0 Å². The Morgan fingerprint density at radius 2 is 1.00 bits per heavy atom. The van der Waals surface area contributed by atoms with Crippen LogP contribution < -0.4 is 92.4 Å². The summed E-state index contributed by atoms with van der Waals surface area (Å²) in [5.74, 6) is 0. The predicted octanol–water partition coefficient (Wildman–Crippen LogP) is -11.4. The molecule has 0 radical (unpaired) electrons. The molecule has 28 valence electrons. The Bertz CT molecular complexity index is 11.5. The van der Waals surface area contributed by atoms with E-state index in [2.05, 4.69) is 0 Å². The normalized spacial score (nSPS) is 3.00. The molecular weight excluding hydrogens is 240 g/mol. The summed E-state index contributed by atoms with van der Waals surface area (Å²) in [6, 6.07) is 0. The monoisotopic (exact) mass is 240 g/mol. The van der Waals surface area contributed by atoms with Crippen LogP contribution in [0.3, 0.4) is 0 Å². The molecule has 0 aliphatic rings. The summed E-state index contributed by atoms with van der Waals surface area (Å²) in [6.07, 6.45) is 0. The Kier molecular flexibility index (Phi) is 94.8. The topological polar surface area (TPSA) is 46.1 Å². The number of halogens is 2. The van der Waals surface area contributed by atoms with Gasteiger partial charge in [-0.2, -0.15) is 0 Å². The maximum atomic E-state index is 8.24. The molecule has 0 fully saturated rings. The zero-order chi connectivity index (χ0) is 2.71. The Hall–Kier alpha value is 2.94. The van der Waals surface area contributed by atoms with Crippen molar-refractivity contribution in [2.45, 2.75) is 0 Å². The summed E-state index contributed by atoms with van der Waals surface area (Å²) in [7, 11) is 0. The molecule has 0 aliphatic heterocycles. The van der Waals surface area contributed by atoms with Crippen LogP contribution in [0.25, 0.3) is 0 Å². The molecule has 0 N–H and O–H groups in total. The molecule has 0 aromatic heterocycles. The van der Waals surface area contributed by atoms with E-state index in [1.54, 1.807) is 0 Å². The fourth-order valence-electron chi connectivity index (χ4n) is 0. The third-order valence-electron chi connectivity index (χ3n) is 0. The first-order valence-electron chi connectivity index (χ1n) is 0.309. The van der Waals surface area contributed by atoms with Crippen molar-refractivity contribution < 1.29 is 104 Å². The molecule has 0 heterocycles. The SMILES string of the molecule is [I-].[Na+].[Na+].[O-][Cl+][O-]. The first-order valence-corrected chi connectivity index (χ1v) is 0.926.